The van der Waals surface area contributed by atoms with Crippen LogP contribution in [0.15, 0.2) is 94.5 Å². The van der Waals surface area contributed by atoms with Crippen LogP contribution in [0.4, 0.5) is 13.2 Å². The minimum Gasteiger partial charge on any atom is -0.491 e. The molecular formula is C36H32BrF3N6O5. The Kier molecular flexibility index (Phi) is 10.1. The van der Waals surface area contributed by atoms with Gasteiger partial charge in [0, 0.05) is 47.1 Å². The van der Waals surface area contributed by atoms with Gasteiger partial charge in [-0.05, 0) is 67.9 Å². The van der Waals surface area contributed by atoms with Crippen LogP contribution in [0.5, 0.6) is 5.75 Å². The second-order valence-electron chi connectivity index (χ2n) is 12.1. The van der Waals surface area contributed by atoms with E-state index < -0.39 is 41.4 Å². The Morgan fingerprint density at radius 3 is 2.45 bits per heavy atom. The zero-order valence-corrected chi connectivity index (χ0v) is 29.0. The first-order chi connectivity index (χ1) is 24.3. The Hall–Kier alpha value is -5.28. The van der Waals surface area contributed by atoms with Crippen LogP contribution in [-0.4, -0.2) is 59.7 Å². The van der Waals surface area contributed by atoms with E-state index in [9.17, 15) is 32.7 Å². The van der Waals surface area contributed by atoms with Crippen molar-refractivity contribution in [2.75, 3.05) is 6.61 Å². The first-order valence-electron chi connectivity index (χ1n) is 15.9. The molecule has 264 valence electrons. The number of fused-ring (bicyclic) bond motifs is 1. The van der Waals surface area contributed by atoms with Crippen molar-refractivity contribution < 1.29 is 32.6 Å². The normalized spacial score (nSPS) is 14.9. The highest BCUT2D eigenvalue weighted by atomic mass is 79.9. The van der Waals surface area contributed by atoms with Gasteiger partial charge in [-0.3, -0.25) is 18.7 Å². The quantitative estimate of drug-likeness (QED) is 0.200. The lowest BCUT2D eigenvalue weighted by Gasteiger charge is -2.34. The van der Waals surface area contributed by atoms with Crippen LogP contribution < -0.4 is 15.7 Å². The number of rotatable bonds is 9. The van der Waals surface area contributed by atoms with Crippen molar-refractivity contribution in [2.45, 2.75) is 51.8 Å². The van der Waals surface area contributed by atoms with Gasteiger partial charge in [-0.1, -0.05) is 40.2 Å². The maximum atomic E-state index is 14.2. The molecule has 5 aromatic rings. The van der Waals surface area contributed by atoms with E-state index in [4.69, 9.17) is 4.74 Å². The SMILES string of the molecule is C[C@H](O)COc1ccc(-n2c(C(=O)NCc3ccccc3-c3ncccn3)c3n(c2=O)C[C@H](C)N(C(=O)c2ccc(Br)c(C(F)(F)F)c2)C3)cc1. The van der Waals surface area contributed by atoms with E-state index >= 15 is 0 Å². The summed E-state index contributed by atoms with van der Waals surface area (Å²) in [7, 11) is 0. The highest BCUT2D eigenvalue weighted by molar-refractivity contribution is 9.10. The molecule has 3 heterocycles. The van der Waals surface area contributed by atoms with Gasteiger partial charge in [0.15, 0.2) is 5.82 Å². The molecule has 0 bridgehead atoms. The maximum absolute atomic E-state index is 14.2. The topological polar surface area (TPSA) is 132 Å². The first-order valence-corrected chi connectivity index (χ1v) is 16.7. The molecule has 0 unspecified atom stereocenters. The predicted octanol–water partition coefficient (Wildman–Crippen LogP) is 5.61. The molecule has 2 aromatic heterocycles. The summed E-state index contributed by atoms with van der Waals surface area (Å²) >= 11 is 2.92. The second-order valence-corrected chi connectivity index (χ2v) is 12.9. The molecule has 1 aliphatic heterocycles. The monoisotopic (exact) mass is 764 g/mol. The number of carbonyl (C=O) groups excluding carboxylic acids is 2. The number of nitrogens with zero attached hydrogens (tertiary/aromatic N) is 5. The number of hydrogen-bond acceptors (Lipinski definition) is 7. The summed E-state index contributed by atoms with van der Waals surface area (Å²) < 4.78 is 49.2. The zero-order chi connectivity index (χ0) is 36.4. The third-order valence-corrected chi connectivity index (χ3v) is 9.08. The molecule has 0 radical (unpaired) electrons. The van der Waals surface area contributed by atoms with E-state index in [1.807, 2.05) is 24.3 Å². The van der Waals surface area contributed by atoms with Gasteiger partial charge in [-0.25, -0.2) is 14.8 Å². The van der Waals surface area contributed by atoms with E-state index in [1.165, 1.54) is 26.2 Å². The Morgan fingerprint density at radius 1 is 1.06 bits per heavy atom. The smallest absolute Gasteiger partial charge is 0.417 e. The van der Waals surface area contributed by atoms with Crippen LogP contribution in [0, 0.1) is 0 Å². The highest BCUT2D eigenvalue weighted by Crippen LogP contribution is 2.36. The fourth-order valence-corrected chi connectivity index (χ4v) is 6.37. The van der Waals surface area contributed by atoms with Gasteiger partial charge < -0.3 is 20.1 Å². The third-order valence-electron chi connectivity index (χ3n) is 8.39. The van der Waals surface area contributed by atoms with E-state index in [2.05, 4.69) is 31.2 Å². The molecule has 6 rings (SSSR count). The van der Waals surface area contributed by atoms with Gasteiger partial charge in [-0.15, -0.1) is 0 Å². The van der Waals surface area contributed by atoms with Crippen molar-refractivity contribution >= 4 is 27.7 Å². The Morgan fingerprint density at radius 2 is 1.76 bits per heavy atom. The summed E-state index contributed by atoms with van der Waals surface area (Å²) in [5.74, 6) is -0.414. The fourth-order valence-electron chi connectivity index (χ4n) is 5.90. The zero-order valence-electron chi connectivity index (χ0n) is 27.4. The Balaban J connectivity index is 1.39. The average molecular weight is 766 g/mol. The van der Waals surface area contributed by atoms with E-state index in [0.29, 0.717) is 28.4 Å². The van der Waals surface area contributed by atoms with Crippen molar-refractivity contribution in [3.63, 3.8) is 0 Å². The second kappa shape index (κ2) is 14.5. The third kappa shape index (κ3) is 7.44. The number of benzene rings is 3. The van der Waals surface area contributed by atoms with E-state index in [-0.39, 0.29) is 47.7 Å². The highest BCUT2D eigenvalue weighted by Gasteiger charge is 2.37. The number of aliphatic hydroxyl groups excluding tert-OH is 1. The van der Waals surface area contributed by atoms with Gasteiger partial charge in [0.05, 0.1) is 29.6 Å². The predicted molar refractivity (Wildman–Crippen MR) is 184 cm³/mol. The fraction of sp³-hybridized carbons (Fsp3) is 0.250. The van der Waals surface area contributed by atoms with Gasteiger partial charge >= 0.3 is 11.9 Å². The summed E-state index contributed by atoms with van der Waals surface area (Å²) in [4.78, 5) is 52.1. The lowest BCUT2D eigenvalue weighted by molar-refractivity contribution is -0.138. The number of nitrogens with one attached hydrogen (secondary N) is 1. The van der Waals surface area contributed by atoms with E-state index in [0.717, 1.165) is 6.07 Å². The van der Waals surface area contributed by atoms with Crippen molar-refractivity contribution in [1.29, 1.82) is 0 Å². The summed E-state index contributed by atoms with van der Waals surface area (Å²) in [6.07, 6.45) is -2.19. The van der Waals surface area contributed by atoms with Crippen molar-refractivity contribution in [2.24, 2.45) is 0 Å². The average Bonchev–Trinajstić information content (AvgIpc) is 3.40. The molecule has 1 aliphatic rings. The maximum Gasteiger partial charge on any atom is 0.417 e. The molecule has 3 aromatic carbocycles. The number of imidazole rings is 1. The standard InChI is InChI=1S/C36H32BrF3N6O5/c1-21-18-45-30(19-44(21)34(49)23-8-13-29(37)28(16-23)36(38,39)40)31(46(35(45)50)25-9-11-26(12-10-25)51-20-22(2)47)33(48)43-17-24-6-3-4-7-27(24)32-41-14-5-15-42-32/h3-16,21-22,47H,17-20H2,1-2H3,(H,43,48)/t21-,22-/m0/s1. The number of hydrogen-bond donors (Lipinski definition) is 2. The van der Waals surface area contributed by atoms with Crippen LogP contribution in [0.25, 0.3) is 17.1 Å². The lowest BCUT2D eigenvalue weighted by Crippen LogP contribution is -2.47. The van der Waals surface area contributed by atoms with Crippen LogP contribution >= 0.6 is 15.9 Å². The van der Waals surface area contributed by atoms with E-state index in [1.54, 1.807) is 56.6 Å². The number of halogens is 4. The van der Waals surface area contributed by atoms with Gasteiger partial charge in [0.1, 0.15) is 18.1 Å². The van der Waals surface area contributed by atoms with Crippen molar-refractivity contribution in [1.82, 2.24) is 29.3 Å². The van der Waals surface area contributed by atoms with Gasteiger partial charge in [0.25, 0.3) is 11.8 Å². The summed E-state index contributed by atoms with van der Waals surface area (Å²) in [5, 5.41) is 12.5. The number of aromatic nitrogens is 4. The number of alkyl halides is 3. The Labute approximate surface area is 298 Å². The molecule has 2 N–H and O–H groups in total. The summed E-state index contributed by atoms with van der Waals surface area (Å²) in [5.41, 5.74) is 0.194. The minimum absolute atomic E-state index is 0.0143. The summed E-state index contributed by atoms with van der Waals surface area (Å²) in [6, 6.07) is 18.0. The largest absolute Gasteiger partial charge is 0.491 e. The number of carbonyl (C=O) groups is 2. The Bertz CT molecular complexity index is 2130. The molecule has 0 aliphatic carbocycles. The molecule has 0 spiro atoms. The van der Waals surface area contributed by atoms with Gasteiger partial charge in [-0.2, -0.15) is 13.2 Å². The molecule has 0 fully saturated rings. The van der Waals surface area contributed by atoms with Crippen molar-refractivity contribution in [3.05, 3.63) is 128 Å². The minimum atomic E-state index is -4.70. The van der Waals surface area contributed by atoms with Gasteiger partial charge in [0.2, 0.25) is 0 Å². The lowest BCUT2D eigenvalue weighted by atomic mass is 10.1. The van der Waals surface area contributed by atoms with Crippen molar-refractivity contribution in [3.8, 4) is 22.8 Å². The molecule has 2 atom stereocenters. The number of amides is 2. The molecule has 0 saturated carbocycles. The van der Waals surface area contributed by atoms with Crippen LogP contribution in [0.3, 0.4) is 0 Å². The first kappa shape index (κ1) is 35.5. The molecule has 51 heavy (non-hydrogen) atoms. The van der Waals surface area contributed by atoms with Crippen LogP contribution in [0.2, 0.25) is 0 Å². The summed E-state index contributed by atoms with van der Waals surface area (Å²) in [6.45, 7) is 3.11. The number of ether oxygens (including phenoxy) is 1. The molecule has 15 heteroatoms. The van der Waals surface area contributed by atoms with Crippen LogP contribution in [-0.2, 0) is 25.8 Å². The number of aliphatic hydroxyl groups is 1. The molecular weight excluding hydrogens is 733 g/mol. The molecule has 2 amide bonds. The molecule has 11 nitrogen and oxygen atoms in total. The molecule has 0 saturated heterocycles. The van der Waals surface area contributed by atoms with Crippen LogP contribution in [0.1, 0.15) is 51.5 Å².